The molecule has 0 amide bonds. The highest BCUT2D eigenvalue weighted by atomic mass is 16.5. The van der Waals surface area contributed by atoms with Crippen LogP contribution in [0.1, 0.15) is 17.2 Å². The van der Waals surface area contributed by atoms with Crippen LogP contribution >= 0.6 is 0 Å². The summed E-state index contributed by atoms with van der Waals surface area (Å²) >= 11 is 0. The van der Waals surface area contributed by atoms with E-state index in [1.165, 1.54) is 0 Å². The summed E-state index contributed by atoms with van der Waals surface area (Å²) in [5.74, 6) is 1.31. The fourth-order valence-electron chi connectivity index (χ4n) is 1.96. The predicted octanol–water partition coefficient (Wildman–Crippen LogP) is 0.840. The molecule has 1 unspecified atom stereocenters. The second kappa shape index (κ2) is 4.08. The van der Waals surface area contributed by atoms with E-state index in [1.807, 2.05) is 12.1 Å². The van der Waals surface area contributed by atoms with Gasteiger partial charge in [-0.1, -0.05) is 6.07 Å². The number of methoxy groups -OCH3 is 2. The number of nitrogens with one attached hydrogen (secondary N) is 1. The van der Waals surface area contributed by atoms with Crippen molar-refractivity contribution >= 4 is 0 Å². The summed E-state index contributed by atoms with van der Waals surface area (Å²) in [6.07, 6.45) is -0.529. The van der Waals surface area contributed by atoms with Crippen molar-refractivity contribution in [3.8, 4) is 11.5 Å². The summed E-state index contributed by atoms with van der Waals surface area (Å²) in [6, 6.07) is 3.81. The first-order valence-corrected chi connectivity index (χ1v) is 4.90. The van der Waals surface area contributed by atoms with Gasteiger partial charge in [-0.3, -0.25) is 0 Å². The van der Waals surface area contributed by atoms with E-state index in [0.717, 1.165) is 17.7 Å². The van der Waals surface area contributed by atoms with Gasteiger partial charge >= 0.3 is 0 Å². The van der Waals surface area contributed by atoms with E-state index in [4.69, 9.17) is 9.47 Å². The van der Waals surface area contributed by atoms with Crippen molar-refractivity contribution in [3.05, 3.63) is 23.3 Å². The second-order valence-corrected chi connectivity index (χ2v) is 3.52. The first-order chi connectivity index (χ1) is 7.27. The zero-order valence-corrected chi connectivity index (χ0v) is 8.91. The molecule has 4 nitrogen and oxygen atoms in total. The normalized spacial score (nSPS) is 19.5. The lowest BCUT2D eigenvalue weighted by molar-refractivity contribution is 0.159. The van der Waals surface area contributed by atoms with Crippen molar-refractivity contribution in [1.29, 1.82) is 0 Å². The third-order valence-corrected chi connectivity index (χ3v) is 2.66. The number of ether oxygens (including phenoxy) is 2. The van der Waals surface area contributed by atoms with Gasteiger partial charge in [0.25, 0.3) is 0 Å². The second-order valence-electron chi connectivity index (χ2n) is 3.52. The fraction of sp³-hybridized carbons (Fsp3) is 0.455. The lowest BCUT2D eigenvalue weighted by Gasteiger charge is -2.25. The van der Waals surface area contributed by atoms with Crippen LogP contribution in [0.3, 0.4) is 0 Å². The maximum atomic E-state index is 9.90. The Morgan fingerprint density at radius 2 is 2.13 bits per heavy atom. The zero-order chi connectivity index (χ0) is 10.8. The summed E-state index contributed by atoms with van der Waals surface area (Å²) in [7, 11) is 3.19. The van der Waals surface area contributed by atoms with Crippen LogP contribution in [0.25, 0.3) is 0 Å². The molecule has 0 saturated heterocycles. The van der Waals surface area contributed by atoms with Crippen LogP contribution in [-0.2, 0) is 6.54 Å². The minimum atomic E-state index is -0.529. The molecule has 1 atom stereocenters. The van der Waals surface area contributed by atoms with Crippen LogP contribution < -0.4 is 14.8 Å². The van der Waals surface area contributed by atoms with E-state index in [2.05, 4.69) is 5.32 Å². The fourth-order valence-corrected chi connectivity index (χ4v) is 1.96. The van der Waals surface area contributed by atoms with Crippen molar-refractivity contribution in [3.63, 3.8) is 0 Å². The number of hydrogen-bond acceptors (Lipinski definition) is 4. The number of aliphatic hydroxyl groups excluding tert-OH is 1. The van der Waals surface area contributed by atoms with Crippen LogP contribution in [-0.4, -0.2) is 25.9 Å². The third kappa shape index (κ3) is 1.66. The van der Waals surface area contributed by atoms with Gasteiger partial charge in [0, 0.05) is 18.7 Å². The molecule has 0 aliphatic carbocycles. The van der Waals surface area contributed by atoms with Crippen molar-refractivity contribution in [1.82, 2.24) is 5.32 Å². The molecule has 0 saturated carbocycles. The van der Waals surface area contributed by atoms with Gasteiger partial charge in [-0.25, -0.2) is 0 Å². The van der Waals surface area contributed by atoms with E-state index < -0.39 is 6.10 Å². The maximum absolute atomic E-state index is 9.90. The van der Waals surface area contributed by atoms with Crippen LogP contribution in [0.4, 0.5) is 0 Å². The average Bonchev–Trinajstić information content (AvgIpc) is 2.28. The highest BCUT2D eigenvalue weighted by molar-refractivity contribution is 5.52. The molecule has 0 bridgehead atoms. The molecule has 1 aliphatic heterocycles. The molecule has 1 heterocycles. The van der Waals surface area contributed by atoms with Gasteiger partial charge in [0.2, 0.25) is 0 Å². The number of benzene rings is 1. The molecule has 0 fully saturated rings. The van der Waals surface area contributed by atoms with Gasteiger partial charge < -0.3 is 19.9 Å². The highest BCUT2D eigenvalue weighted by Crippen LogP contribution is 2.38. The molecule has 1 aromatic carbocycles. The molecule has 82 valence electrons. The smallest absolute Gasteiger partial charge is 0.166 e. The van der Waals surface area contributed by atoms with Gasteiger partial charge in [-0.2, -0.15) is 0 Å². The van der Waals surface area contributed by atoms with Crippen LogP contribution in [0.5, 0.6) is 11.5 Å². The SMILES string of the molecule is COc1ccc2c(c1OC)C(O)CNC2. The standard InChI is InChI=1S/C11H15NO3/c1-14-9-4-3-7-5-12-6-8(13)10(7)11(9)15-2/h3-4,8,12-13H,5-6H2,1-2H3. The molecule has 0 aromatic heterocycles. The van der Waals surface area contributed by atoms with Crippen LogP contribution in [0.15, 0.2) is 12.1 Å². The molecular weight excluding hydrogens is 194 g/mol. The molecule has 4 heteroatoms. The highest BCUT2D eigenvalue weighted by Gasteiger charge is 2.24. The minimum Gasteiger partial charge on any atom is -0.493 e. The maximum Gasteiger partial charge on any atom is 0.166 e. The summed E-state index contributed by atoms with van der Waals surface area (Å²) in [5, 5.41) is 13.0. The lowest BCUT2D eigenvalue weighted by atomic mass is 9.97. The Bertz CT molecular complexity index is 365. The Morgan fingerprint density at radius 1 is 1.33 bits per heavy atom. The molecule has 2 rings (SSSR count). The van der Waals surface area contributed by atoms with E-state index in [9.17, 15) is 5.11 Å². The monoisotopic (exact) mass is 209 g/mol. The molecule has 1 aliphatic rings. The molecule has 1 aromatic rings. The Hall–Kier alpha value is -1.26. The molecule has 0 radical (unpaired) electrons. The lowest BCUT2D eigenvalue weighted by Crippen LogP contribution is -2.28. The molecule has 2 N–H and O–H groups in total. The number of fused-ring (bicyclic) bond motifs is 1. The van der Waals surface area contributed by atoms with Gasteiger partial charge in [0.1, 0.15) is 0 Å². The topological polar surface area (TPSA) is 50.7 Å². The van der Waals surface area contributed by atoms with Gasteiger partial charge in [0.15, 0.2) is 11.5 Å². The summed E-state index contributed by atoms with van der Waals surface area (Å²) in [5.41, 5.74) is 1.90. The van der Waals surface area contributed by atoms with E-state index in [1.54, 1.807) is 14.2 Å². The zero-order valence-electron chi connectivity index (χ0n) is 8.91. The van der Waals surface area contributed by atoms with Crippen molar-refractivity contribution in [2.24, 2.45) is 0 Å². The van der Waals surface area contributed by atoms with Crippen LogP contribution in [0.2, 0.25) is 0 Å². The summed E-state index contributed by atoms with van der Waals surface area (Å²) in [6.45, 7) is 1.31. The average molecular weight is 209 g/mol. The van der Waals surface area contributed by atoms with Crippen molar-refractivity contribution in [2.75, 3.05) is 20.8 Å². The quantitative estimate of drug-likeness (QED) is 0.758. The van der Waals surface area contributed by atoms with Crippen LogP contribution in [0, 0.1) is 0 Å². The Labute approximate surface area is 88.8 Å². The van der Waals surface area contributed by atoms with Gasteiger partial charge in [0.05, 0.1) is 20.3 Å². The van der Waals surface area contributed by atoms with E-state index in [-0.39, 0.29) is 0 Å². The van der Waals surface area contributed by atoms with Crippen molar-refractivity contribution < 1.29 is 14.6 Å². The summed E-state index contributed by atoms with van der Waals surface area (Å²) < 4.78 is 10.5. The van der Waals surface area contributed by atoms with Gasteiger partial charge in [-0.05, 0) is 11.6 Å². The molecular formula is C11H15NO3. The van der Waals surface area contributed by atoms with E-state index >= 15 is 0 Å². The Kier molecular flexibility index (Phi) is 2.79. The number of β-amino-alcohol motifs (C(OH)–C–C–N with tert-alkyl or cyclic N) is 1. The van der Waals surface area contributed by atoms with Crippen molar-refractivity contribution in [2.45, 2.75) is 12.6 Å². The number of aliphatic hydroxyl groups is 1. The van der Waals surface area contributed by atoms with Gasteiger partial charge in [-0.15, -0.1) is 0 Å². The number of hydrogen-bond donors (Lipinski definition) is 2. The Balaban J connectivity index is 2.56. The third-order valence-electron chi connectivity index (χ3n) is 2.66. The van der Waals surface area contributed by atoms with E-state index in [0.29, 0.717) is 18.0 Å². The number of rotatable bonds is 2. The summed E-state index contributed by atoms with van der Waals surface area (Å²) in [4.78, 5) is 0. The predicted molar refractivity (Wildman–Crippen MR) is 56.2 cm³/mol. The first-order valence-electron chi connectivity index (χ1n) is 4.90. The first kappa shape index (κ1) is 10.3. The Morgan fingerprint density at radius 3 is 2.80 bits per heavy atom. The molecule has 15 heavy (non-hydrogen) atoms. The largest absolute Gasteiger partial charge is 0.493 e. The molecule has 0 spiro atoms. The minimum absolute atomic E-state index is 0.529.